The van der Waals surface area contributed by atoms with Gasteiger partial charge in [-0.05, 0) is 12.8 Å². The van der Waals surface area contributed by atoms with E-state index in [0.717, 1.165) is 0 Å². The van der Waals surface area contributed by atoms with E-state index in [1.807, 2.05) is 0 Å². The van der Waals surface area contributed by atoms with Gasteiger partial charge < -0.3 is 14.9 Å². The average molecular weight is 272 g/mol. The van der Waals surface area contributed by atoms with E-state index in [4.69, 9.17) is 29.8 Å². The maximum Gasteiger partial charge on any atom is 0.307 e. The molecular formula is C12H15ClN4O. The second-order valence-corrected chi connectivity index (χ2v) is 4.16. The highest BCUT2D eigenvalue weighted by Crippen LogP contribution is 2.26. The molecule has 6 heteroatoms. The molecule has 0 aliphatic carbocycles. The summed E-state index contributed by atoms with van der Waals surface area (Å²) < 4.78 is 43.3. The Morgan fingerprint density at radius 3 is 3.06 bits per heavy atom. The van der Waals surface area contributed by atoms with Gasteiger partial charge in [0.25, 0.3) is 0 Å². The second-order valence-electron chi connectivity index (χ2n) is 3.80. The molecule has 1 aliphatic heterocycles. The van der Waals surface area contributed by atoms with E-state index in [9.17, 15) is 0 Å². The summed E-state index contributed by atoms with van der Waals surface area (Å²) in [5, 5.41) is 2.79. The third kappa shape index (κ3) is 2.89. The first-order chi connectivity index (χ1) is 10.7. The number of nitrogens with one attached hydrogen (secondary N) is 1. The Kier molecular flexibility index (Phi) is 2.63. The first-order valence-electron chi connectivity index (χ1n) is 7.96. The van der Waals surface area contributed by atoms with E-state index >= 15 is 0 Å². The van der Waals surface area contributed by atoms with Crippen molar-refractivity contribution in [1.29, 1.82) is 0 Å². The number of aromatic nitrogens is 2. The fourth-order valence-corrected chi connectivity index (χ4v) is 1.87. The van der Waals surface area contributed by atoms with Crippen LogP contribution in [0, 0.1) is 6.57 Å². The highest BCUT2D eigenvalue weighted by molar-refractivity contribution is 6.31. The lowest BCUT2D eigenvalue weighted by atomic mass is 10.1. The summed E-state index contributed by atoms with van der Waals surface area (Å²) in [6.07, 6.45) is -1.43. The van der Waals surface area contributed by atoms with Gasteiger partial charge in [0.2, 0.25) is 0 Å². The average Bonchev–Trinajstić information content (AvgIpc) is 2.47. The molecule has 0 unspecified atom stereocenters. The van der Waals surface area contributed by atoms with E-state index in [2.05, 4.69) is 20.1 Å². The fraction of sp³-hybridized carbons (Fsp3) is 0.583. The van der Waals surface area contributed by atoms with Crippen LogP contribution in [0.3, 0.4) is 0 Å². The van der Waals surface area contributed by atoms with Gasteiger partial charge in [-0.1, -0.05) is 25.0 Å². The summed E-state index contributed by atoms with van der Waals surface area (Å²) in [6.45, 7) is 5.13. The first kappa shape index (κ1) is 7.93. The van der Waals surface area contributed by atoms with Gasteiger partial charge in [0.15, 0.2) is 16.7 Å². The van der Waals surface area contributed by atoms with Crippen molar-refractivity contribution in [2.75, 3.05) is 18.5 Å². The Balaban J connectivity index is 2.47. The molecule has 0 amide bonds. The van der Waals surface area contributed by atoms with Gasteiger partial charge in [-0.3, -0.25) is 0 Å². The van der Waals surface area contributed by atoms with Crippen LogP contribution in [0.5, 0.6) is 0 Å². The number of halogens is 1. The summed E-state index contributed by atoms with van der Waals surface area (Å²) in [6, 6.07) is -0.0564. The molecule has 0 radical (unpaired) electrons. The van der Waals surface area contributed by atoms with Crippen molar-refractivity contribution in [2.45, 2.75) is 32.1 Å². The fourth-order valence-electron chi connectivity index (χ4n) is 1.70. The van der Waals surface area contributed by atoms with Gasteiger partial charge in [0.1, 0.15) is 0 Å². The lowest BCUT2D eigenvalue weighted by Gasteiger charge is -2.23. The molecule has 2 heterocycles. The van der Waals surface area contributed by atoms with Crippen LogP contribution >= 0.6 is 11.6 Å². The maximum absolute atomic E-state index is 7.91. The molecule has 1 aliphatic rings. The lowest BCUT2D eigenvalue weighted by Crippen LogP contribution is -2.28. The number of rotatable bonds is 3. The normalized spacial score (nSPS) is 21.9. The molecule has 0 saturated carbocycles. The van der Waals surface area contributed by atoms with Crippen LogP contribution in [0.4, 0.5) is 11.6 Å². The number of anilines is 1. The summed E-state index contributed by atoms with van der Waals surface area (Å²) in [5.74, 6) is -0.372. The lowest BCUT2D eigenvalue weighted by molar-refractivity contribution is 0.0903. The zero-order valence-corrected chi connectivity index (χ0v) is 10.3. The second kappa shape index (κ2) is 5.98. The monoisotopic (exact) mass is 271 g/mol. The Hall–Kier alpha value is -1.38. The molecule has 1 fully saturated rings. The number of hydrogen-bond donors (Lipinski definition) is 1. The predicted molar refractivity (Wildman–Crippen MR) is 70.1 cm³/mol. The van der Waals surface area contributed by atoms with Gasteiger partial charge >= 0.3 is 5.82 Å². The molecular weight excluding hydrogens is 252 g/mol. The molecule has 0 aromatic carbocycles. The van der Waals surface area contributed by atoms with Crippen LogP contribution in [0.1, 0.15) is 32.2 Å². The highest BCUT2D eigenvalue weighted by Gasteiger charge is 2.19. The van der Waals surface area contributed by atoms with Crippen LogP contribution in [0.25, 0.3) is 4.85 Å². The smallest absolute Gasteiger partial charge is 0.307 e. The zero-order chi connectivity index (χ0) is 17.3. The minimum absolute atomic E-state index is 0.0459. The number of aryl methyl sites for hydroxylation is 1. The molecule has 1 saturated heterocycles. The van der Waals surface area contributed by atoms with Crippen LogP contribution in [-0.4, -0.2) is 29.2 Å². The van der Waals surface area contributed by atoms with E-state index in [1.54, 1.807) is 0 Å². The molecule has 0 spiro atoms. The van der Waals surface area contributed by atoms with Crippen molar-refractivity contribution in [3.05, 3.63) is 22.3 Å². The number of hydrogen-bond acceptors (Lipinski definition) is 4. The Morgan fingerprint density at radius 1 is 1.61 bits per heavy atom. The van der Waals surface area contributed by atoms with E-state index < -0.39 is 18.9 Å². The van der Waals surface area contributed by atoms with Crippen LogP contribution < -0.4 is 5.32 Å². The number of ether oxygens (including phenoxy) is 1. The van der Waals surface area contributed by atoms with Crippen LogP contribution in [0.15, 0.2) is 0 Å². The van der Waals surface area contributed by atoms with Crippen molar-refractivity contribution in [2.24, 2.45) is 0 Å². The van der Waals surface area contributed by atoms with Gasteiger partial charge in [0.05, 0.1) is 0 Å². The van der Waals surface area contributed by atoms with Gasteiger partial charge in [0, 0.05) is 32.5 Å². The molecule has 5 nitrogen and oxygen atoms in total. The van der Waals surface area contributed by atoms with E-state index in [-0.39, 0.29) is 22.8 Å². The standard InChI is InChI=1S/C12H15ClN4O/c1-3-9-11(15-8-4-6-18-7-5-8)17-10(13)12(14-2)16-9/h8H,3-7H2,1H3,(H,15,17)/i1D3,3D2. The largest absolute Gasteiger partial charge is 0.381 e. The van der Waals surface area contributed by atoms with Crippen molar-refractivity contribution < 1.29 is 11.6 Å². The Morgan fingerprint density at radius 2 is 2.39 bits per heavy atom. The van der Waals surface area contributed by atoms with Crippen LogP contribution in [-0.2, 0) is 11.1 Å². The van der Waals surface area contributed by atoms with Crippen molar-refractivity contribution in [1.82, 2.24) is 9.97 Å². The Labute approximate surface area is 118 Å². The first-order valence-corrected chi connectivity index (χ1v) is 5.84. The molecule has 18 heavy (non-hydrogen) atoms. The van der Waals surface area contributed by atoms with Gasteiger partial charge in [-0.15, -0.1) is 4.98 Å². The third-order valence-corrected chi connectivity index (χ3v) is 2.88. The topological polar surface area (TPSA) is 51.4 Å². The van der Waals surface area contributed by atoms with Crippen molar-refractivity contribution in [3.8, 4) is 0 Å². The number of nitrogens with zero attached hydrogens (tertiary/aromatic N) is 3. The summed E-state index contributed by atoms with van der Waals surface area (Å²) in [7, 11) is 0. The minimum atomic E-state index is -2.96. The van der Waals surface area contributed by atoms with Gasteiger partial charge in [-0.25, -0.2) is 4.98 Å². The maximum atomic E-state index is 7.91. The van der Waals surface area contributed by atoms with Gasteiger partial charge in [-0.2, -0.15) is 0 Å². The van der Waals surface area contributed by atoms with Crippen molar-refractivity contribution in [3.63, 3.8) is 0 Å². The van der Waals surface area contributed by atoms with E-state index in [1.165, 1.54) is 0 Å². The third-order valence-electron chi connectivity index (χ3n) is 2.62. The Bertz CT molecular complexity index is 625. The summed E-state index contributed by atoms with van der Waals surface area (Å²) in [4.78, 5) is 10.8. The minimum Gasteiger partial charge on any atom is -0.381 e. The SMILES string of the molecule is [2H]C([2H])([2H])C([2H])([2H])c1nc([N+]#[C-])c(Cl)nc1NC1CCOCC1. The molecule has 2 rings (SSSR count). The van der Waals surface area contributed by atoms with Crippen LogP contribution in [0.2, 0.25) is 5.15 Å². The predicted octanol–water partition coefficient (Wildman–Crippen LogP) is 2.83. The zero-order valence-electron chi connectivity index (χ0n) is 14.5. The molecule has 0 atom stereocenters. The molecule has 1 N–H and O–H groups in total. The molecule has 1 aromatic heterocycles. The summed E-state index contributed by atoms with van der Waals surface area (Å²) >= 11 is 5.87. The summed E-state index contributed by atoms with van der Waals surface area (Å²) in [5.41, 5.74) is -0.431. The quantitative estimate of drug-likeness (QED) is 0.859. The molecule has 0 bridgehead atoms. The highest BCUT2D eigenvalue weighted by atomic mass is 35.5. The van der Waals surface area contributed by atoms with Crippen molar-refractivity contribution >= 4 is 23.2 Å². The van der Waals surface area contributed by atoms with E-state index in [0.29, 0.717) is 26.1 Å². The molecule has 1 aromatic rings. The molecule has 96 valence electrons.